The lowest BCUT2D eigenvalue weighted by Gasteiger charge is -2.32. The fraction of sp³-hybridized carbons (Fsp3) is 0.706. The van der Waals surface area contributed by atoms with Gasteiger partial charge in [-0.3, -0.25) is 4.99 Å². The zero-order chi connectivity index (χ0) is 18.6. The summed E-state index contributed by atoms with van der Waals surface area (Å²) in [6.07, 6.45) is 0.0152. The molecule has 8 nitrogen and oxygen atoms in total. The summed E-state index contributed by atoms with van der Waals surface area (Å²) in [6, 6.07) is -0.0865. The standard InChI is InChI=1S/C17H27N3O5/c1-5-24-15(21)14(19-11-9-23-10-11)12-8-20(7-6-13(12)18)16(22)25-17(2,3)4/h11H,5-10,18H2,1-4H3. The molecule has 8 heteroatoms. The normalized spacial score (nSPS) is 19.5. The monoisotopic (exact) mass is 353 g/mol. The van der Waals surface area contributed by atoms with E-state index >= 15 is 0 Å². The van der Waals surface area contributed by atoms with Gasteiger partial charge in [-0.1, -0.05) is 0 Å². The Morgan fingerprint density at radius 3 is 2.56 bits per heavy atom. The second-order valence-electron chi connectivity index (χ2n) is 7.05. The van der Waals surface area contributed by atoms with Crippen molar-refractivity contribution < 1.29 is 23.8 Å². The van der Waals surface area contributed by atoms with Crippen molar-refractivity contribution in [3.8, 4) is 0 Å². The number of rotatable bonds is 4. The molecule has 2 heterocycles. The van der Waals surface area contributed by atoms with Gasteiger partial charge in [0.1, 0.15) is 11.3 Å². The maximum Gasteiger partial charge on any atom is 0.410 e. The molecular formula is C17H27N3O5. The maximum absolute atomic E-state index is 12.4. The van der Waals surface area contributed by atoms with Crippen LogP contribution in [0, 0.1) is 0 Å². The van der Waals surface area contributed by atoms with E-state index in [-0.39, 0.29) is 24.9 Å². The zero-order valence-electron chi connectivity index (χ0n) is 15.3. The molecule has 0 aromatic rings. The van der Waals surface area contributed by atoms with E-state index in [2.05, 4.69) is 4.99 Å². The van der Waals surface area contributed by atoms with Crippen molar-refractivity contribution in [2.24, 2.45) is 10.7 Å². The van der Waals surface area contributed by atoms with Crippen LogP contribution in [0.1, 0.15) is 34.1 Å². The van der Waals surface area contributed by atoms with E-state index in [9.17, 15) is 9.59 Å². The Morgan fingerprint density at radius 2 is 2.04 bits per heavy atom. The Morgan fingerprint density at radius 1 is 1.36 bits per heavy atom. The molecule has 1 amide bonds. The van der Waals surface area contributed by atoms with Gasteiger partial charge >= 0.3 is 12.1 Å². The first-order valence-electron chi connectivity index (χ1n) is 8.49. The van der Waals surface area contributed by atoms with E-state index < -0.39 is 17.7 Å². The van der Waals surface area contributed by atoms with Crippen molar-refractivity contribution in [2.75, 3.05) is 32.9 Å². The maximum atomic E-state index is 12.4. The van der Waals surface area contributed by atoms with E-state index in [1.165, 1.54) is 4.90 Å². The van der Waals surface area contributed by atoms with Crippen LogP contribution < -0.4 is 5.73 Å². The molecule has 0 bridgehead atoms. The summed E-state index contributed by atoms with van der Waals surface area (Å²) >= 11 is 0. The predicted molar refractivity (Wildman–Crippen MR) is 92.3 cm³/mol. The van der Waals surface area contributed by atoms with Gasteiger partial charge in [-0.15, -0.1) is 0 Å². The summed E-state index contributed by atoms with van der Waals surface area (Å²) < 4.78 is 15.6. The second-order valence-corrected chi connectivity index (χ2v) is 7.05. The minimum absolute atomic E-state index is 0.0865. The molecule has 0 unspecified atom stereocenters. The molecular weight excluding hydrogens is 326 g/mol. The van der Waals surface area contributed by atoms with Crippen LogP contribution in [0.5, 0.6) is 0 Å². The van der Waals surface area contributed by atoms with E-state index in [4.69, 9.17) is 19.9 Å². The first-order valence-corrected chi connectivity index (χ1v) is 8.49. The first-order chi connectivity index (χ1) is 11.7. The quantitative estimate of drug-likeness (QED) is 0.602. The van der Waals surface area contributed by atoms with E-state index in [1.54, 1.807) is 6.92 Å². The van der Waals surface area contributed by atoms with Crippen molar-refractivity contribution in [3.63, 3.8) is 0 Å². The van der Waals surface area contributed by atoms with Gasteiger partial charge in [0.15, 0.2) is 0 Å². The molecule has 0 radical (unpaired) electrons. The van der Waals surface area contributed by atoms with Crippen molar-refractivity contribution >= 4 is 17.8 Å². The molecule has 2 N–H and O–H groups in total. The van der Waals surface area contributed by atoms with Crippen LogP contribution in [0.3, 0.4) is 0 Å². The molecule has 25 heavy (non-hydrogen) atoms. The molecule has 2 aliphatic rings. The summed E-state index contributed by atoms with van der Waals surface area (Å²) in [5, 5.41) is 0. The summed E-state index contributed by atoms with van der Waals surface area (Å²) in [6.45, 7) is 8.93. The highest BCUT2D eigenvalue weighted by Gasteiger charge is 2.32. The van der Waals surface area contributed by atoms with E-state index in [1.807, 2.05) is 20.8 Å². The van der Waals surface area contributed by atoms with Crippen LogP contribution in [-0.2, 0) is 19.0 Å². The van der Waals surface area contributed by atoms with Gasteiger partial charge in [-0.2, -0.15) is 0 Å². The van der Waals surface area contributed by atoms with Crippen molar-refractivity contribution in [3.05, 3.63) is 11.3 Å². The van der Waals surface area contributed by atoms with Gasteiger partial charge in [0.05, 0.1) is 32.4 Å². The minimum atomic E-state index is -0.592. The zero-order valence-corrected chi connectivity index (χ0v) is 15.3. The van der Waals surface area contributed by atoms with Crippen LogP contribution in [-0.4, -0.2) is 67.2 Å². The van der Waals surface area contributed by atoms with Crippen LogP contribution >= 0.6 is 0 Å². The number of nitrogens with two attached hydrogens (primary N) is 1. The van der Waals surface area contributed by atoms with Gasteiger partial charge in [-0.05, 0) is 27.7 Å². The third-order valence-corrected chi connectivity index (χ3v) is 3.73. The molecule has 1 fully saturated rings. The third kappa shape index (κ3) is 5.19. The number of nitrogens with zero attached hydrogens (tertiary/aromatic N) is 2. The largest absolute Gasteiger partial charge is 0.461 e. The van der Waals surface area contributed by atoms with Gasteiger partial charge in [-0.25, -0.2) is 9.59 Å². The second kappa shape index (κ2) is 7.86. The van der Waals surface area contributed by atoms with Gasteiger partial charge in [0.2, 0.25) is 0 Å². The van der Waals surface area contributed by atoms with Gasteiger partial charge < -0.3 is 24.8 Å². The number of ether oxygens (including phenoxy) is 3. The van der Waals surface area contributed by atoms with Crippen LogP contribution in [0.25, 0.3) is 0 Å². The van der Waals surface area contributed by atoms with E-state index in [0.717, 1.165) is 0 Å². The summed E-state index contributed by atoms with van der Waals surface area (Å²) in [5.41, 5.74) is 6.79. The topological polar surface area (TPSA) is 103 Å². The highest BCUT2D eigenvalue weighted by Crippen LogP contribution is 2.20. The number of amides is 1. The summed E-state index contributed by atoms with van der Waals surface area (Å²) in [4.78, 5) is 30.7. The molecule has 1 saturated heterocycles. The third-order valence-electron chi connectivity index (χ3n) is 3.73. The first kappa shape index (κ1) is 19.2. The molecule has 0 saturated carbocycles. The van der Waals surface area contributed by atoms with Gasteiger partial charge in [0.25, 0.3) is 0 Å². The van der Waals surface area contributed by atoms with Gasteiger partial charge in [0, 0.05) is 24.2 Å². The molecule has 2 aliphatic heterocycles. The Kier molecular flexibility index (Phi) is 6.05. The lowest BCUT2D eigenvalue weighted by atomic mass is 10.0. The molecule has 140 valence electrons. The number of carbonyl (C=O) groups is 2. The smallest absolute Gasteiger partial charge is 0.410 e. The van der Waals surface area contributed by atoms with E-state index in [0.29, 0.717) is 37.4 Å². The molecule has 2 rings (SSSR count). The lowest BCUT2D eigenvalue weighted by Crippen LogP contribution is -2.44. The SMILES string of the molecule is CCOC(=O)C(=NC1COC1)C1=C(N)CCN(C(=O)OC(C)(C)C)C1. The van der Waals surface area contributed by atoms with Crippen LogP contribution in [0.15, 0.2) is 16.3 Å². The average molecular weight is 353 g/mol. The van der Waals surface area contributed by atoms with Crippen LogP contribution in [0.2, 0.25) is 0 Å². The molecule has 0 aromatic carbocycles. The molecule has 0 atom stereocenters. The minimum Gasteiger partial charge on any atom is -0.461 e. The van der Waals surface area contributed by atoms with Crippen molar-refractivity contribution in [2.45, 2.75) is 45.8 Å². The Labute approximate surface area is 148 Å². The fourth-order valence-electron chi connectivity index (χ4n) is 2.42. The summed E-state index contributed by atoms with van der Waals surface area (Å²) in [7, 11) is 0. The lowest BCUT2D eigenvalue weighted by molar-refractivity contribution is -0.135. The number of hydrogen-bond acceptors (Lipinski definition) is 7. The highest BCUT2D eigenvalue weighted by atomic mass is 16.6. The molecule has 0 aliphatic carbocycles. The Bertz CT molecular complexity index is 588. The Balaban J connectivity index is 2.21. The Hall–Kier alpha value is -2.09. The highest BCUT2D eigenvalue weighted by molar-refractivity contribution is 6.43. The average Bonchev–Trinajstić information content (AvgIpc) is 2.45. The number of esters is 1. The number of hydrogen-bond donors (Lipinski definition) is 1. The predicted octanol–water partition coefficient (Wildman–Crippen LogP) is 1.24. The molecule has 0 spiro atoms. The summed E-state index contributed by atoms with van der Waals surface area (Å²) in [5.74, 6) is -0.529. The van der Waals surface area contributed by atoms with Crippen LogP contribution in [0.4, 0.5) is 4.79 Å². The molecule has 0 aromatic heterocycles. The number of aliphatic imine (C=N–C) groups is 1. The number of carbonyl (C=O) groups excluding carboxylic acids is 2. The fourth-order valence-corrected chi connectivity index (χ4v) is 2.42. The van der Waals surface area contributed by atoms with Crippen molar-refractivity contribution in [1.29, 1.82) is 0 Å². The van der Waals surface area contributed by atoms with Crippen molar-refractivity contribution in [1.82, 2.24) is 4.90 Å².